The number of allylic oxidation sites excluding steroid dienone is 2. The molecule has 3 aliphatic rings. The van der Waals surface area contributed by atoms with E-state index in [1.807, 2.05) is 41.6 Å². The van der Waals surface area contributed by atoms with E-state index in [2.05, 4.69) is 22.5 Å². The van der Waals surface area contributed by atoms with Gasteiger partial charge in [0.25, 0.3) is 0 Å². The summed E-state index contributed by atoms with van der Waals surface area (Å²) in [7, 11) is 0. The van der Waals surface area contributed by atoms with Crippen molar-refractivity contribution in [2.45, 2.75) is 39.3 Å². The smallest absolute Gasteiger partial charge is 0.244 e. The second kappa shape index (κ2) is 8.42. The minimum atomic E-state index is -0.109. The number of carbonyl (C=O) groups is 2. The van der Waals surface area contributed by atoms with E-state index in [4.69, 9.17) is 0 Å². The van der Waals surface area contributed by atoms with E-state index in [-0.39, 0.29) is 11.8 Å². The Morgan fingerprint density at radius 1 is 1.32 bits per heavy atom. The van der Waals surface area contributed by atoms with Crippen LogP contribution in [0.5, 0.6) is 0 Å². The third-order valence-electron chi connectivity index (χ3n) is 6.88. The molecule has 5 nitrogen and oxygen atoms in total. The molecule has 0 saturated heterocycles. The minimum Gasteiger partial charge on any atom is -0.348 e. The van der Waals surface area contributed by atoms with Crippen molar-refractivity contribution in [3.63, 3.8) is 0 Å². The molecule has 0 aromatic carbocycles. The monoisotopic (exact) mass is 433 g/mol. The van der Waals surface area contributed by atoms with Gasteiger partial charge in [-0.1, -0.05) is 18.2 Å². The quantitative estimate of drug-likeness (QED) is 0.575. The van der Waals surface area contributed by atoms with E-state index >= 15 is 0 Å². The van der Waals surface area contributed by atoms with Crippen LogP contribution in [-0.2, 0) is 29.1 Å². The molecule has 31 heavy (non-hydrogen) atoms. The van der Waals surface area contributed by atoms with Crippen molar-refractivity contribution in [3.05, 3.63) is 69.2 Å². The first-order chi connectivity index (χ1) is 15.1. The van der Waals surface area contributed by atoms with E-state index < -0.39 is 0 Å². The average Bonchev–Trinajstić information content (AvgIpc) is 3.55. The van der Waals surface area contributed by atoms with Crippen molar-refractivity contribution in [1.82, 2.24) is 15.2 Å². The van der Waals surface area contributed by atoms with Crippen LogP contribution < -0.4 is 5.32 Å². The lowest BCUT2D eigenvalue weighted by Gasteiger charge is -2.33. The molecule has 1 saturated carbocycles. The van der Waals surface area contributed by atoms with Crippen molar-refractivity contribution in [1.29, 1.82) is 0 Å². The Balaban J connectivity index is 1.25. The number of amides is 2. The van der Waals surface area contributed by atoms with Crippen LogP contribution in [-0.4, -0.2) is 28.2 Å². The highest BCUT2D eigenvalue weighted by atomic mass is 32.1. The first-order valence-corrected chi connectivity index (χ1v) is 11.9. The summed E-state index contributed by atoms with van der Waals surface area (Å²) < 4.78 is 0. The molecule has 3 atom stereocenters. The topological polar surface area (TPSA) is 62.3 Å². The van der Waals surface area contributed by atoms with Crippen molar-refractivity contribution in [2.24, 2.45) is 17.8 Å². The highest BCUT2D eigenvalue weighted by Crippen LogP contribution is 2.44. The van der Waals surface area contributed by atoms with Crippen LogP contribution in [0.25, 0.3) is 6.08 Å². The lowest BCUT2D eigenvalue weighted by Crippen LogP contribution is -2.41. The van der Waals surface area contributed by atoms with Gasteiger partial charge < -0.3 is 10.2 Å². The Hall–Kier alpha value is -2.73. The van der Waals surface area contributed by atoms with Crippen molar-refractivity contribution >= 4 is 29.2 Å². The molecule has 2 aromatic heterocycles. The fourth-order valence-electron chi connectivity index (χ4n) is 5.22. The molecule has 1 fully saturated rings. The van der Waals surface area contributed by atoms with Gasteiger partial charge >= 0.3 is 0 Å². The summed E-state index contributed by atoms with van der Waals surface area (Å²) in [5.41, 5.74) is 4.39. The van der Waals surface area contributed by atoms with E-state index in [9.17, 15) is 9.59 Å². The van der Waals surface area contributed by atoms with Gasteiger partial charge in [0.15, 0.2) is 0 Å². The Morgan fingerprint density at radius 3 is 2.97 bits per heavy atom. The number of rotatable bonds is 5. The van der Waals surface area contributed by atoms with Crippen molar-refractivity contribution in [2.75, 3.05) is 6.54 Å². The summed E-state index contributed by atoms with van der Waals surface area (Å²) >= 11 is 1.60. The molecular weight excluding hydrogens is 406 g/mol. The standard InChI is InChI=1S/C25H27N3O2S/c1-16-23(14-27-24(29)7-6-20-3-2-10-31-20)21-8-9-28(15-19(21)13-26-16)25(30)22-12-17-4-5-18(22)11-17/h2-7,10,13,17-18,22H,8-9,11-12,14-15H2,1H3,(H,27,29)/t17-,18+,22-/m1/s1. The largest absolute Gasteiger partial charge is 0.348 e. The van der Waals surface area contributed by atoms with Crippen LogP contribution in [0, 0.1) is 24.7 Å². The van der Waals surface area contributed by atoms with Gasteiger partial charge in [-0.05, 0) is 72.2 Å². The predicted octanol–water partition coefficient (Wildman–Crippen LogP) is 3.88. The van der Waals surface area contributed by atoms with Gasteiger partial charge in [-0.25, -0.2) is 0 Å². The SMILES string of the molecule is Cc1ncc2c(c1CNC(=O)C=Cc1cccs1)CCN(C(=O)[C@@H]1C[C@@H]3C=C[C@H]1C3)C2. The van der Waals surface area contributed by atoms with Gasteiger partial charge in [0.1, 0.15) is 0 Å². The number of hydrogen-bond acceptors (Lipinski definition) is 4. The fourth-order valence-corrected chi connectivity index (χ4v) is 5.84. The second-order valence-electron chi connectivity index (χ2n) is 8.79. The number of nitrogens with one attached hydrogen (secondary N) is 1. The molecule has 5 rings (SSSR count). The van der Waals surface area contributed by atoms with Crippen molar-refractivity contribution < 1.29 is 9.59 Å². The normalized spacial score (nSPS) is 24.0. The summed E-state index contributed by atoms with van der Waals surface area (Å²) in [6.45, 7) is 3.81. The molecule has 2 aromatic rings. The Kier molecular flexibility index (Phi) is 5.48. The van der Waals surface area contributed by atoms with Crippen LogP contribution in [0.2, 0.25) is 0 Å². The first-order valence-electron chi connectivity index (χ1n) is 11.0. The Morgan fingerprint density at radius 2 is 2.23 bits per heavy atom. The molecule has 0 unspecified atom stereocenters. The zero-order chi connectivity index (χ0) is 21.4. The number of pyridine rings is 1. The zero-order valence-electron chi connectivity index (χ0n) is 17.7. The summed E-state index contributed by atoms with van der Waals surface area (Å²) in [4.78, 5) is 33.1. The van der Waals surface area contributed by atoms with Gasteiger partial charge in [0.2, 0.25) is 11.8 Å². The van der Waals surface area contributed by atoms with E-state index in [0.717, 1.165) is 47.5 Å². The molecule has 1 N–H and O–H groups in total. The fraction of sp³-hybridized carbons (Fsp3) is 0.400. The lowest BCUT2D eigenvalue weighted by atomic mass is 9.90. The summed E-state index contributed by atoms with van der Waals surface area (Å²) in [6, 6.07) is 3.95. The number of carbonyl (C=O) groups excluding carboxylic acids is 2. The summed E-state index contributed by atoms with van der Waals surface area (Å²) in [5, 5.41) is 4.99. The molecule has 160 valence electrons. The highest BCUT2D eigenvalue weighted by Gasteiger charge is 2.42. The second-order valence-corrected chi connectivity index (χ2v) is 9.77. The van der Waals surface area contributed by atoms with Gasteiger partial charge in [-0.3, -0.25) is 14.6 Å². The predicted molar refractivity (Wildman–Crippen MR) is 122 cm³/mol. The maximum absolute atomic E-state index is 13.1. The molecule has 2 aliphatic carbocycles. The first kappa shape index (κ1) is 20.2. The molecule has 6 heteroatoms. The van der Waals surface area contributed by atoms with Crippen LogP contribution in [0.4, 0.5) is 0 Å². The summed E-state index contributed by atoms with van der Waals surface area (Å²) in [6.07, 6.45) is 12.8. The van der Waals surface area contributed by atoms with Crippen molar-refractivity contribution in [3.8, 4) is 0 Å². The molecule has 0 spiro atoms. The van der Waals surface area contributed by atoms with Crippen LogP contribution in [0.1, 0.15) is 40.1 Å². The number of thiophene rings is 1. The highest BCUT2D eigenvalue weighted by molar-refractivity contribution is 7.10. The average molecular weight is 434 g/mol. The maximum atomic E-state index is 13.1. The van der Waals surface area contributed by atoms with Gasteiger partial charge in [0.05, 0.1) is 0 Å². The van der Waals surface area contributed by atoms with Gasteiger partial charge in [-0.2, -0.15) is 0 Å². The number of nitrogens with zero attached hydrogens (tertiary/aromatic N) is 2. The van der Waals surface area contributed by atoms with Crippen LogP contribution in [0.15, 0.2) is 41.9 Å². The Labute approximate surface area is 186 Å². The molecule has 3 heterocycles. The summed E-state index contributed by atoms with van der Waals surface area (Å²) in [5.74, 6) is 1.38. The number of aryl methyl sites for hydroxylation is 1. The molecule has 2 amide bonds. The molecule has 0 radical (unpaired) electrons. The van der Waals surface area contributed by atoms with E-state index in [0.29, 0.717) is 30.8 Å². The third-order valence-corrected chi connectivity index (χ3v) is 7.72. The maximum Gasteiger partial charge on any atom is 0.244 e. The number of hydrogen-bond donors (Lipinski definition) is 1. The van der Waals surface area contributed by atoms with Gasteiger partial charge in [-0.15, -0.1) is 11.3 Å². The minimum absolute atomic E-state index is 0.109. The lowest BCUT2D eigenvalue weighted by molar-refractivity contribution is -0.137. The zero-order valence-corrected chi connectivity index (χ0v) is 18.5. The molecule has 2 bridgehead atoms. The van der Waals surface area contributed by atoms with Gasteiger partial charge in [0, 0.05) is 48.4 Å². The number of fused-ring (bicyclic) bond motifs is 3. The van der Waals surface area contributed by atoms with E-state index in [1.165, 1.54) is 5.56 Å². The molecular formula is C25H27N3O2S. The van der Waals surface area contributed by atoms with Crippen LogP contribution in [0.3, 0.4) is 0 Å². The Bertz CT molecular complexity index is 1060. The number of aromatic nitrogens is 1. The third kappa shape index (κ3) is 4.09. The molecule has 1 aliphatic heterocycles. The van der Waals surface area contributed by atoms with E-state index in [1.54, 1.807) is 17.4 Å². The van der Waals surface area contributed by atoms with Crippen LogP contribution >= 0.6 is 11.3 Å².